The van der Waals surface area contributed by atoms with Crippen LogP contribution in [-0.4, -0.2) is 23.5 Å². The van der Waals surface area contributed by atoms with Gasteiger partial charge >= 0.3 is 5.97 Å². The molecule has 0 aliphatic carbocycles. The highest BCUT2D eigenvalue weighted by Crippen LogP contribution is 2.37. The molecule has 31 heavy (non-hydrogen) atoms. The number of carboxylic acid groups (broad SMARTS) is 1. The molecule has 1 aliphatic rings. The molecule has 1 aliphatic heterocycles. The highest BCUT2D eigenvalue weighted by molar-refractivity contribution is 6.04. The number of halogens is 1. The largest absolute Gasteiger partial charge is 0.489 e. The van der Waals surface area contributed by atoms with Gasteiger partial charge in [-0.3, -0.25) is 9.59 Å². The summed E-state index contributed by atoms with van der Waals surface area (Å²) in [5.74, 6) is -1.04. The Labute approximate surface area is 179 Å². The van der Waals surface area contributed by atoms with E-state index in [4.69, 9.17) is 9.84 Å². The molecule has 0 radical (unpaired) electrons. The smallest absolute Gasteiger partial charge is 0.303 e. The van der Waals surface area contributed by atoms with Crippen LogP contribution in [0.1, 0.15) is 18.4 Å². The maximum Gasteiger partial charge on any atom is 0.303 e. The van der Waals surface area contributed by atoms with Gasteiger partial charge in [-0.05, 0) is 47.9 Å². The first-order valence-corrected chi connectivity index (χ1v) is 10.1. The number of aliphatic carboxylic acids is 1. The molecule has 6 heteroatoms. The Hall–Kier alpha value is -3.67. The molecule has 3 aromatic rings. The van der Waals surface area contributed by atoms with Crippen molar-refractivity contribution in [1.82, 2.24) is 0 Å². The first-order valence-electron chi connectivity index (χ1n) is 10.1. The van der Waals surface area contributed by atoms with E-state index in [1.165, 1.54) is 12.1 Å². The molecule has 0 spiro atoms. The molecule has 0 aromatic heterocycles. The highest BCUT2D eigenvalue weighted by atomic mass is 19.1. The third-order valence-corrected chi connectivity index (χ3v) is 5.39. The minimum absolute atomic E-state index is 0.0367. The van der Waals surface area contributed by atoms with Crippen molar-refractivity contribution in [2.24, 2.45) is 5.92 Å². The summed E-state index contributed by atoms with van der Waals surface area (Å²) < 4.78 is 19.8. The van der Waals surface area contributed by atoms with Crippen LogP contribution in [0.2, 0.25) is 0 Å². The molecule has 1 fully saturated rings. The Morgan fingerprint density at radius 2 is 1.81 bits per heavy atom. The molecule has 1 unspecified atom stereocenters. The van der Waals surface area contributed by atoms with E-state index in [1.54, 1.807) is 11.0 Å². The Balaban J connectivity index is 1.49. The number of benzene rings is 3. The second-order valence-corrected chi connectivity index (χ2v) is 7.54. The standard InChI is InChI=1S/C25H22FNO4/c26-20-9-12-23(27-15-19(25(27)30)8-13-24(28)29)22(14-20)18-6-10-21(11-7-18)31-16-17-4-2-1-3-5-17/h1-7,9-12,14,19H,8,13,15-16H2,(H,28,29). The van der Waals surface area contributed by atoms with Crippen molar-refractivity contribution >= 4 is 17.6 Å². The lowest BCUT2D eigenvalue weighted by Gasteiger charge is -2.39. The first-order chi connectivity index (χ1) is 15.0. The van der Waals surface area contributed by atoms with Gasteiger partial charge in [-0.15, -0.1) is 0 Å². The maximum atomic E-state index is 14.0. The van der Waals surface area contributed by atoms with E-state index in [9.17, 15) is 14.0 Å². The summed E-state index contributed by atoms with van der Waals surface area (Å²) in [6.45, 7) is 0.883. The number of rotatable bonds is 8. The summed E-state index contributed by atoms with van der Waals surface area (Å²) in [4.78, 5) is 24.9. The lowest BCUT2D eigenvalue weighted by Crippen LogP contribution is -2.53. The third kappa shape index (κ3) is 4.74. The van der Waals surface area contributed by atoms with Crippen LogP contribution in [0.5, 0.6) is 5.75 Å². The van der Waals surface area contributed by atoms with Crippen molar-refractivity contribution in [3.8, 4) is 16.9 Å². The summed E-state index contributed by atoms with van der Waals surface area (Å²) in [5.41, 5.74) is 3.06. The van der Waals surface area contributed by atoms with Gasteiger partial charge in [0.2, 0.25) is 5.91 Å². The summed E-state index contributed by atoms with van der Waals surface area (Å²) in [6, 6.07) is 21.5. The maximum absolute atomic E-state index is 14.0. The van der Waals surface area contributed by atoms with Gasteiger partial charge in [0.15, 0.2) is 0 Å². The number of amides is 1. The average Bonchev–Trinajstić information content (AvgIpc) is 2.78. The van der Waals surface area contributed by atoms with Crippen molar-refractivity contribution in [1.29, 1.82) is 0 Å². The molecule has 158 valence electrons. The van der Waals surface area contributed by atoms with Crippen molar-refractivity contribution in [2.45, 2.75) is 19.4 Å². The van der Waals surface area contributed by atoms with Crippen LogP contribution in [-0.2, 0) is 16.2 Å². The van der Waals surface area contributed by atoms with E-state index in [2.05, 4.69) is 0 Å². The number of β-lactam (4-membered cyclic amide) rings is 1. The Morgan fingerprint density at radius 1 is 1.06 bits per heavy atom. The predicted molar refractivity (Wildman–Crippen MR) is 115 cm³/mol. The zero-order valence-electron chi connectivity index (χ0n) is 16.8. The lowest BCUT2D eigenvalue weighted by atomic mass is 9.91. The summed E-state index contributed by atoms with van der Waals surface area (Å²) >= 11 is 0. The molecule has 1 N–H and O–H groups in total. The van der Waals surface area contributed by atoms with E-state index >= 15 is 0 Å². The molecule has 0 bridgehead atoms. The number of ether oxygens (including phenoxy) is 1. The van der Waals surface area contributed by atoms with Crippen LogP contribution in [0, 0.1) is 11.7 Å². The van der Waals surface area contributed by atoms with Gasteiger partial charge in [-0.1, -0.05) is 42.5 Å². The Kier molecular flexibility index (Phi) is 5.98. The normalized spacial score (nSPS) is 15.5. The number of nitrogens with zero attached hydrogens (tertiary/aromatic N) is 1. The molecule has 1 atom stereocenters. The second-order valence-electron chi connectivity index (χ2n) is 7.54. The van der Waals surface area contributed by atoms with Crippen molar-refractivity contribution in [3.05, 3.63) is 84.2 Å². The van der Waals surface area contributed by atoms with Gasteiger partial charge in [0, 0.05) is 18.5 Å². The van der Waals surface area contributed by atoms with E-state index in [-0.39, 0.29) is 18.2 Å². The minimum atomic E-state index is -0.914. The van der Waals surface area contributed by atoms with Crippen LogP contribution >= 0.6 is 0 Å². The monoisotopic (exact) mass is 419 g/mol. The molecule has 4 rings (SSSR count). The molecule has 5 nitrogen and oxygen atoms in total. The fourth-order valence-electron chi connectivity index (χ4n) is 3.67. The number of hydrogen-bond donors (Lipinski definition) is 1. The average molecular weight is 419 g/mol. The summed E-state index contributed by atoms with van der Waals surface area (Å²) in [6.07, 6.45) is 0.277. The predicted octanol–water partition coefficient (Wildman–Crippen LogP) is 4.90. The van der Waals surface area contributed by atoms with Gasteiger partial charge in [0.05, 0.1) is 11.6 Å². The fraction of sp³-hybridized carbons (Fsp3) is 0.200. The second kappa shape index (κ2) is 9.00. The Morgan fingerprint density at radius 3 is 2.48 bits per heavy atom. The van der Waals surface area contributed by atoms with Crippen molar-refractivity contribution in [2.75, 3.05) is 11.4 Å². The van der Waals surface area contributed by atoms with E-state index in [0.29, 0.717) is 36.6 Å². The van der Waals surface area contributed by atoms with Crippen LogP contribution in [0.25, 0.3) is 11.1 Å². The van der Waals surface area contributed by atoms with Gasteiger partial charge in [0.1, 0.15) is 18.2 Å². The molecule has 1 heterocycles. The quantitative estimate of drug-likeness (QED) is 0.528. The first kappa shape index (κ1) is 20.6. The molecular formula is C25H22FNO4. The minimum Gasteiger partial charge on any atom is -0.489 e. The summed E-state index contributed by atoms with van der Waals surface area (Å²) in [7, 11) is 0. The lowest BCUT2D eigenvalue weighted by molar-refractivity contribution is -0.137. The zero-order chi connectivity index (χ0) is 21.8. The van der Waals surface area contributed by atoms with Crippen molar-refractivity contribution < 1.29 is 23.8 Å². The number of anilines is 1. The molecule has 3 aromatic carbocycles. The van der Waals surface area contributed by atoms with E-state index < -0.39 is 11.8 Å². The van der Waals surface area contributed by atoms with Gasteiger partial charge in [-0.25, -0.2) is 4.39 Å². The van der Waals surface area contributed by atoms with Gasteiger partial charge in [-0.2, -0.15) is 0 Å². The van der Waals surface area contributed by atoms with E-state index in [0.717, 1.165) is 11.1 Å². The number of hydrogen-bond acceptors (Lipinski definition) is 3. The van der Waals surface area contributed by atoms with Crippen molar-refractivity contribution in [3.63, 3.8) is 0 Å². The van der Waals surface area contributed by atoms with Crippen LogP contribution in [0.4, 0.5) is 10.1 Å². The van der Waals surface area contributed by atoms with Gasteiger partial charge in [0.25, 0.3) is 0 Å². The van der Waals surface area contributed by atoms with E-state index in [1.807, 2.05) is 54.6 Å². The highest BCUT2D eigenvalue weighted by Gasteiger charge is 2.38. The topological polar surface area (TPSA) is 66.8 Å². The molecular weight excluding hydrogens is 397 g/mol. The molecule has 0 saturated carbocycles. The number of carbonyl (C=O) groups is 2. The fourth-order valence-corrected chi connectivity index (χ4v) is 3.67. The number of carboxylic acids is 1. The van der Waals surface area contributed by atoms with Crippen LogP contribution in [0.3, 0.4) is 0 Å². The molecule has 1 saturated heterocycles. The summed E-state index contributed by atoms with van der Waals surface area (Å²) in [5, 5.41) is 8.82. The van der Waals surface area contributed by atoms with Crippen LogP contribution < -0.4 is 9.64 Å². The molecule has 1 amide bonds. The third-order valence-electron chi connectivity index (χ3n) is 5.39. The van der Waals surface area contributed by atoms with Crippen LogP contribution in [0.15, 0.2) is 72.8 Å². The zero-order valence-corrected chi connectivity index (χ0v) is 16.8. The van der Waals surface area contributed by atoms with Gasteiger partial charge < -0.3 is 14.7 Å². The Bertz CT molecular complexity index is 1080. The SMILES string of the molecule is O=C(O)CCC1CN(c2ccc(F)cc2-c2ccc(OCc3ccccc3)cc2)C1=O. The number of carbonyl (C=O) groups excluding carboxylic acids is 1.